The van der Waals surface area contributed by atoms with Crippen LogP contribution in [0.5, 0.6) is 0 Å². The standard InChI is InChI=1S/C14H30N2S/c1-6-7-15-10-11(2)12(3)16-8-9-17-14(5)13(16)4/h11-15H,6-10H2,1-5H3. The van der Waals surface area contributed by atoms with Gasteiger partial charge in [0.15, 0.2) is 0 Å². The normalized spacial score (nSPS) is 30.2. The maximum Gasteiger partial charge on any atom is 0.0187 e. The fourth-order valence-electron chi connectivity index (χ4n) is 2.54. The predicted octanol–water partition coefficient (Wildman–Crippen LogP) is 2.84. The van der Waals surface area contributed by atoms with Gasteiger partial charge in [-0.05, 0) is 39.3 Å². The van der Waals surface area contributed by atoms with Gasteiger partial charge in [-0.15, -0.1) is 0 Å². The fourth-order valence-corrected chi connectivity index (χ4v) is 3.66. The maximum atomic E-state index is 3.55. The highest BCUT2D eigenvalue weighted by atomic mass is 32.2. The summed E-state index contributed by atoms with van der Waals surface area (Å²) < 4.78 is 0. The first-order valence-electron chi connectivity index (χ1n) is 7.16. The van der Waals surface area contributed by atoms with Gasteiger partial charge < -0.3 is 5.32 Å². The van der Waals surface area contributed by atoms with Gasteiger partial charge >= 0.3 is 0 Å². The topological polar surface area (TPSA) is 15.3 Å². The van der Waals surface area contributed by atoms with Gasteiger partial charge in [0.05, 0.1) is 0 Å². The number of hydrogen-bond donors (Lipinski definition) is 1. The van der Waals surface area contributed by atoms with Crippen molar-refractivity contribution in [2.75, 3.05) is 25.4 Å². The minimum absolute atomic E-state index is 0.692. The van der Waals surface area contributed by atoms with Crippen LogP contribution in [-0.4, -0.2) is 47.6 Å². The van der Waals surface area contributed by atoms with E-state index in [4.69, 9.17) is 0 Å². The van der Waals surface area contributed by atoms with Crippen LogP contribution in [-0.2, 0) is 0 Å². The fraction of sp³-hybridized carbons (Fsp3) is 1.00. The summed E-state index contributed by atoms with van der Waals surface area (Å²) in [5.41, 5.74) is 0. The van der Waals surface area contributed by atoms with E-state index in [1.807, 2.05) is 0 Å². The van der Waals surface area contributed by atoms with Gasteiger partial charge in [0.2, 0.25) is 0 Å². The molecule has 1 rings (SSSR count). The van der Waals surface area contributed by atoms with Gasteiger partial charge in [-0.1, -0.05) is 20.8 Å². The lowest BCUT2D eigenvalue weighted by molar-refractivity contribution is 0.118. The number of nitrogens with zero attached hydrogens (tertiary/aromatic N) is 1. The van der Waals surface area contributed by atoms with Crippen molar-refractivity contribution in [2.24, 2.45) is 5.92 Å². The average Bonchev–Trinajstić information content (AvgIpc) is 2.32. The van der Waals surface area contributed by atoms with Crippen LogP contribution < -0.4 is 5.32 Å². The first-order valence-corrected chi connectivity index (χ1v) is 8.20. The third kappa shape index (κ3) is 4.46. The van der Waals surface area contributed by atoms with Gasteiger partial charge in [-0.25, -0.2) is 0 Å². The molecular formula is C14H30N2S. The van der Waals surface area contributed by atoms with Crippen LogP contribution in [0.15, 0.2) is 0 Å². The van der Waals surface area contributed by atoms with E-state index in [0.717, 1.165) is 30.3 Å². The largest absolute Gasteiger partial charge is 0.316 e. The summed E-state index contributed by atoms with van der Waals surface area (Å²) in [4.78, 5) is 2.71. The monoisotopic (exact) mass is 258 g/mol. The Kier molecular flexibility index (Phi) is 6.90. The molecule has 0 saturated carbocycles. The molecule has 102 valence electrons. The van der Waals surface area contributed by atoms with Crippen molar-refractivity contribution < 1.29 is 0 Å². The van der Waals surface area contributed by atoms with Crippen LogP contribution in [0, 0.1) is 5.92 Å². The Labute approximate surface area is 112 Å². The molecule has 1 aliphatic heterocycles. The summed E-state index contributed by atoms with van der Waals surface area (Å²) in [6, 6.07) is 1.41. The molecule has 0 aromatic rings. The number of thioether (sulfide) groups is 1. The quantitative estimate of drug-likeness (QED) is 0.738. The molecule has 0 spiro atoms. The predicted molar refractivity (Wildman–Crippen MR) is 79.9 cm³/mol. The van der Waals surface area contributed by atoms with Gasteiger partial charge in [-0.3, -0.25) is 4.90 Å². The molecule has 0 radical (unpaired) electrons. The second-order valence-corrected chi connectivity index (χ2v) is 6.96. The minimum Gasteiger partial charge on any atom is -0.316 e. The van der Waals surface area contributed by atoms with Crippen molar-refractivity contribution in [3.8, 4) is 0 Å². The van der Waals surface area contributed by atoms with Gasteiger partial charge in [0.1, 0.15) is 0 Å². The summed E-state index contributed by atoms with van der Waals surface area (Å²) in [5.74, 6) is 2.03. The summed E-state index contributed by atoms with van der Waals surface area (Å²) in [6.45, 7) is 15.3. The highest BCUT2D eigenvalue weighted by molar-refractivity contribution is 8.00. The van der Waals surface area contributed by atoms with Crippen LogP contribution in [0.2, 0.25) is 0 Å². The number of rotatable bonds is 6. The van der Waals surface area contributed by atoms with Crippen LogP contribution >= 0.6 is 11.8 Å². The molecule has 0 amide bonds. The van der Waals surface area contributed by atoms with E-state index in [1.165, 1.54) is 18.7 Å². The van der Waals surface area contributed by atoms with E-state index in [9.17, 15) is 0 Å². The molecule has 1 N–H and O–H groups in total. The Morgan fingerprint density at radius 1 is 1.35 bits per heavy atom. The molecule has 4 unspecified atom stereocenters. The van der Waals surface area contributed by atoms with Gasteiger partial charge in [0.25, 0.3) is 0 Å². The molecule has 1 fully saturated rings. The smallest absolute Gasteiger partial charge is 0.0187 e. The highest BCUT2D eigenvalue weighted by Crippen LogP contribution is 2.27. The van der Waals surface area contributed by atoms with Gasteiger partial charge in [-0.2, -0.15) is 11.8 Å². The van der Waals surface area contributed by atoms with E-state index in [1.54, 1.807) is 0 Å². The Hall–Kier alpha value is 0.270. The molecule has 1 saturated heterocycles. The molecule has 0 aromatic carbocycles. The molecule has 0 aliphatic carbocycles. The van der Waals surface area contributed by atoms with Crippen LogP contribution in [0.25, 0.3) is 0 Å². The molecule has 0 aromatic heterocycles. The van der Waals surface area contributed by atoms with Crippen molar-refractivity contribution in [2.45, 2.75) is 58.4 Å². The van der Waals surface area contributed by atoms with Crippen LogP contribution in [0.3, 0.4) is 0 Å². The molecule has 1 heterocycles. The second kappa shape index (κ2) is 7.65. The van der Waals surface area contributed by atoms with Crippen molar-refractivity contribution in [1.82, 2.24) is 10.2 Å². The summed E-state index contributed by atoms with van der Waals surface area (Å²) in [7, 11) is 0. The first kappa shape index (κ1) is 15.3. The molecule has 0 bridgehead atoms. The Balaban J connectivity index is 2.41. The summed E-state index contributed by atoms with van der Waals surface area (Å²) >= 11 is 2.12. The molecular weight excluding hydrogens is 228 g/mol. The second-order valence-electron chi connectivity index (χ2n) is 5.48. The molecule has 4 atom stereocenters. The van der Waals surface area contributed by atoms with Crippen LogP contribution in [0.4, 0.5) is 0 Å². The maximum absolute atomic E-state index is 3.55. The Morgan fingerprint density at radius 2 is 2.06 bits per heavy atom. The average molecular weight is 258 g/mol. The van der Waals surface area contributed by atoms with Crippen molar-refractivity contribution in [3.05, 3.63) is 0 Å². The number of nitrogens with one attached hydrogen (secondary N) is 1. The van der Waals surface area contributed by atoms with E-state index in [2.05, 4.69) is 56.6 Å². The van der Waals surface area contributed by atoms with E-state index in [0.29, 0.717) is 6.04 Å². The van der Waals surface area contributed by atoms with Crippen LogP contribution in [0.1, 0.15) is 41.0 Å². The SMILES string of the molecule is CCCNCC(C)C(C)N1CCSC(C)C1C. The molecule has 2 nitrogen and oxygen atoms in total. The molecule has 1 aliphatic rings. The molecule has 17 heavy (non-hydrogen) atoms. The summed E-state index contributed by atoms with van der Waals surface area (Å²) in [6.07, 6.45) is 1.23. The zero-order valence-corrected chi connectivity index (χ0v) is 13.0. The lowest BCUT2D eigenvalue weighted by Gasteiger charge is -2.43. The highest BCUT2D eigenvalue weighted by Gasteiger charge is 2.30. The summed E-state index contributed by atoms with van der Waals surface area (Å²) in [5, 5.41) is 4.33. The minimum atomic E-state index is 0.692. The zero-order chi connectivity index (χ0) is 12.8. The first-order chi connectivity index (χ1) is 8.07. The van der Waals surface area contributed by atoms with Crippen molar-refractivity contribution in [1.29, 1.82) is 0 Å². The van der Waals surface area contributed by atoms with Crippen molar-refractivity contribution >= 4 is 11.8 Å². The zero-order valence-electron chi connectivity index (χ0n) is 12.2. The van der Waals surface area contributed by atoms with E-state index >= 15 is 0 Å². The van der Waals surface area contributed by atoms with E-state index < -0.39 is 0 Å². The molecule has 3 heteroatoms. The van der Waals surface area contributed by atoms with E-state index in [-0.39, 0.29) is 0 Å². The number of hydrogen-bond acceptors (Lipinski definition) is 3. The Bertz CT molecular complexity index is 210. The lowest BCUT2D eigenvalue weighted by atomic mass is 9.99. The van der Waals surface area contributed by atoms with Gasteiger partial charge in [0, 0.05) is 29.6 Å². The third-order valence-electron chi connectivity index (χ3n) is 4.17. The van der Waals surface area contributed by atoms with Crippen molar-refractivity contribution in [3.63, 3.8) is 0 Å². The third-order valence-corrected chi connectivity index (χ3v) is 5.51. The Morgan fingerprint density at radius 3 is 2.71 bits per heavy atom. The lowest BCUT2D eigenvalue weighted by Crippen LogP contribution is -2.52.